The maximum Gasteiger partial charge on any atom is 0.149 e. The Bertz CT molecular complexity index is 595. The summed E-state index contributed by atoms with van der Waals surface area (Å²) in [6, 6.07) is 6.76. The maximum absolute atomic E-state index is 14.0. The van der Waals surface area contributed by atoms with Crippen LogP contribution in [0.25, 0.3) is 5.69 Å². The van der Waals surface area contributed by atoms with Crippen molar-refractivity contribution in [3.05, 3.63) is 42.2 Å². The summed E-state index contributed by atoms with van der Waals surface area (Å²) in [5.74, 6) is 0.491. The number of benzene rings is 1. The molecule has 0 N–H and O–H groups in total. The summed E-state index contributed by atoms with van der Waals surface area (Å²) in [4.78, 5) is 6.71. The third kappa shape index (κ3) is 2.82. The van der Waals surface area contributed by atoms with Gasteiger partial charge in [-0.25, -0.2) is 14.1 Å². The van der Waals surface area contributed by atoms with Crippen LogP contribution < -0.4 is 0 Å². The molecule has 0 aliphatic carbocycles. The maximum atomic E-state index is 14.0. The fraction of sp³-hybridized carbons (Fsp3) is 0.467. The average molecular weight is 290 g/mol. The van der Waals surface area contributed by atoms with Gasteiger partial charge < -0.3 is 4.74 Å². The van der Waals surface area contributed by atoms with Gasteiger partial charge in [-0.1, -0.05) is 19.1 Å². The normalized spacial score (nSPS) is 17.8. The molecule has 0 unspecified atom stereocenters. The molecule has 3 rings (SSSR count). The van der Waals surface area contributed by atoms with Crippen molar-refractivity contribution in [2.24, 2.45) is 0 Å². The SMILES string of the molecule is CC[C@@H](c1ncnn1-c1ccccc1F)N1CCOCC1. The number of nitrogens with zero attached hydrogens (tertiary/aromatic N) is 4. The Morgan fingerprint density at radius 2 is 2.05 bits per heavy atom. The van der Waals surface area contributed by atoms with Crippen LogP contribution in [0.1, 0.15) is 25.2 Å². The van der Waals surface area contributed by atoms with Gasteiger partial charge in [-0.15, -0.1) is 0 Å². The summed E-state index contributed by atoms with van der Waals surface area (Å²) in [5.41, 5.74) is 0.441. The molecule has 21 heavy (non-hydrogen) atoms. The van der Waals surface area contributed by atoms with Crippen molar-refractivity contribution in [1.29, 1.82) is 0 Å². The molecule has 6 heteroatoms. The molecule has 2 heterocycles. The van der Waals surface area contributed by atoms with Gasteiger partial charge in [0.2, 0.25) is 0 Å². The highest BCUT2D eigenvalue weighted by Crippen LogP contribution is 2.25. The molecular formula is C15H19FN4O. The number of aromatic nitrogens is 3. The number of halogens is 1. The van der Waals surface area contributed by atoms with Gasteiger partial charge in [-0.3, -0.25) is 4.90 Å². The second-order valence-corrected chi connectivity index (χ2v) is 5.05. The molecule has 1 aliphatic rings. The van der Waals surface area contributed by atoms with E-state index in [4.69, 9.17) is 4.74 Å². The molecule has 5 nitrogen and oxygen atoms in total. The Morgan fingerprint density at radius 1 is 1.29 bits per heavy atom. The lowest BCUT2D eigenvalue weighted by atomic mass is 10.1. The summed E-state index contributed by atoms with van der Waals surface area (Å²) in [6.07, 6.45) is 2.39. The molecule has 1 atom stereocenters. The minimum Gasteiger partial charge on any atom is -0.379 e. The molecule has 1 fully saturated rings. The van der Waals surface area contributed by atoms with Gasteiger partial charge >= 0.3 is 0 Å². The van der Waals surface area contributed by atoms with Crippen LogP contribution in [0.3, 0.4) is 0 Å². The molecule has 0 saturated carbocycles. The average Bonchev–Trinajstić information content (AvgIpc) is 2.99. The summed E-state index contributed by atoms with van der Waals surface area (Å²) >= 11 is 0. The predicted molar refractivity (Wildman–Crippen MR) is 76.7 cm³/mol. The number of ether oxygens (including phenoxy) is 1. The van der Waals surface area contributed by atoms with Gasteiger partial charge in [0, 0.05) is 13.1 Å². The monoisotopic (exact) mass is 290 g/mol. The lowest BCUT2D eigenvalue weighted by molar-refractivity contribution is 0.0129. The molecule has 112 valence electrons. The number of morpholine rings is 1. The highest BCUT2D eigenvalue weighted by Gasteiger charge is 2.26. The van der Waals surface area contributed by atoms with Gasteiger partial charge in [-0.05, 0) is 18.6 Å². The van der Waals surface area contributed by atoms with Gasteiger partial charge in [0.25, 0.3) is 0 Å². The first kappa shape index (κ1) is 14.2. The quantitative estimate of drug-likeness (QED) is 0.865. The van der Waals surface area contributed by atoms with Crippen molar-refractivity contribution in [1.82, 2.24) is 19.7 Å². The first-order valence-electron chi connectivity index (χ1n) is 7.28. The van der Waals surface area contributed by atoms with Crippen LogP contribution in [-0.4, -0.2) is 46.0 Å². The predicted octanol–water partition coefficient (Wildman–Crippen LogP) is 2.19. The van der Waals surface area contributed by atoms with E-state index in [0.717, 1.165) is 38.5 Å². The summed E-state index contributed by atoms with van der Waals surface area (Å²) in [6.45, 7) is 5.29. The van der Waals surface area contributed by atoms with Crippen molar-refractivity contribution in [3.8, 4) is 5.69 Å². The van der Waals surface area contributed by atoms with Crippen LogP contribution in [0.5, 0.6) is 0 Å². The molecule has 0 bridgehead atoms. The molecule has 0 radical (unpaired) electrons. The summed E-state index contributed by atoms with van der Waals surface area (Å²) < 4.78 is 21.0. The van der Waals surface area contributed by atoms with Gasteiger partial charge in [0.1, 0.15) is 23.7 Å². The van der Waals surface area contributed by atoms with E-state index in [0.29, 0.717) is 5.69 Å². The van der Waals surface area contributed by atoms with Crippen molar-refractivity contribution in [2.45, 2.75) is 19.4 Å². The van der Waals surface area contributed by atoms with Crippen molar-refractivity contribution in [3.63, 3.8) is 0 Å². The first-order valence-corrected chi connectivity index (χ1v) is 7.28. The molecule has 1 saturated heterocycles. The van der Waals surface area contributed by atoms with Gasteiger partial charge in [0.15, 0.2) is 0 Å². The molecule has 0 spiro atoms. The highest BCUT2D eigenvalue weighted by atomic mass is 19.1. The minimum atomic E-state index is -0.291. The number of hydrogen-bond donors (Lipinski definition) is 0. The van der Waals surface area contributed by atoms with E-state index >= 15 is 0 Å². The van der Waals surface area contributed by atoms with Crippen LogP contribution in [0.4, 0.5) is 4.39 Å². The molecule has 0 amide bonds. The Kier molecular flexibility index (Phi) is 4.26. The molecule has 2 aromatic rings. The zero-order valence-electron chi connectivity index (χ0n) is 12.1. The van der Waals surface area contributed by atoms with Crippen LogP contribution in [0.2, 0.25) is 0 Å². The Morgan fingerprint density at radius 3 is 2.76 bits per heavy atom. The molecule has 1 aromatic carbocycles. The van der Waals surface area contributed by atoms with E-state index in [-0.39, 0.29) is 11.9 Å². The first-order chi connectivity index (χ1) is 10.3. The lowest BCUT2D eigenvalue weighted by Crippen LogP contribution is -2.39. The van der Waals surface area contributed by atoms with E-state index in [1.165, 1.54) is 12.4 Å². The van der Waals surface area contributed by atoms with Crippen LogP contribution in [0, 0.1) is 5.82 Å². The Balaban J connectivity index is 1.95. The van der Waals surface area contributed by atoms with Gasteiger partial charge in [-0.2, -0.15) is 5.10 Å². The van der Waals surface area contributed by atoms with Crippen LogP contribution >= 0.6 is 0 Å². The number of rotatable bonds is 4. The van der Waals surface area contributed by atoms with E-state index in [1.54, 1.807) is 22.9 Å². The molecule has 1 aromatic heterocycles. The fourth-order valence-electron chi connectivity index (χ4n) is 2.78. The summed E-state index contributed by atoms with van der Waals surface area (Å²) in [7, 11) is 0. The third-order valence-electron chi connectivity index (χ3n) is 3.83. The Hall–Kier alpha value is -1.79. The number of para-hydroxylation sites is 1. The second-order valence-electron chi connectivity index (χ2n) is 5.05. The topological polar surface area (TPSA) is 43.2 Å². The third-order valence-corrected chi connectivity index (χ3v) is 3.83. The van der Waals surface area contributed by atoms with E-state index in [1.807, 2.05) is 0 Å². The van der Waals surface area contributed by atoms with Crippen LogP contribution in [0.15, 0.2) is 30.6 Å². The van der Waals surface area contributed by atoms with E-state index < -0.39 is 0 Å². The van der Waals surface area contributed by atoms with Crippen LogP contribution in [-0.2, 0) is 4.74 Å². The Labute approximate surface area is 123 Å². The summed E-state index contributed by atoms with van der Waals surface area (Å²) in [5, 5.41) is 4.22. The van der Waals surface area contributed by atoms with Crippen molar-refractivity contribution in [2.75, 3.05) is 26.3 Å². The van der Waals surface area contributed by atoms with E-state index in [2.05, 4.69) is 21.9 Å². The number of hydrogen-bond acceptors (Lipinski definition) is 4. The molecule has 1 aliphatic heterocycles. The fourth-order valence-corrected chi connectivity index (χ4v) is 2.78. The standard InChI is InChI=1S/C15H19FN4O/c1-2-13(19-7-9-21-10-8-19)15-17-11-18-20(15)14-6-4-3-5-12(14)16/h3-6,11,13H,2,7-10H2,1H3/t13-/m0/s1. The minimum absolute atomic E-state index is 0.121. The lowest BCUT2D eigenvalue weighted by Gasteiger charge is -2.33. The largest absolute Gasteiger partial charge is 0.379 e. The molecular weight excluding hydrogens is 271 g/mol. The van der Waals surface area contributed by atoms with Gasteiger partial charge in [0.05, 0.1) is 19.3 Å². The zero-order chi connectivity index (χ0) is 14.7. The second kappa shape index (κ2) is 6.32. The van der Waals surface area contributed by atoms with Crippen molar-refractivity contribution >= 4 is 0 Å². The smallest absolute Gasteiger partial charge is 0.149 e. The highest BCUT2D eigenvalue weighted by molar-refractivity contribution is 5.33. The van der Waals surface area contributed by atoms with E-state index in [9.17, 15) is 4.39 Å². The zero-order valence-corrected chi connectivity index (χ0v) is 12.1. The van der Waals surface area contributed by atoms with Crippen molar-refractivity contribution < 1.29 is 9.13 Å².